The number of carbonyl (C=O) groups excluding carboxylic acids is 3. The number of hydrogen-bond acceptors (Lipinski definition) is 4. The second kappa shape index (κ2) is 11.1. The van der Waals surface area contributed by atoms with Crippen molar-refractivity contribution in [3.63, 3.8) is 0 Å². The van der Waals surface area contributed by atoms with Crippen molar-refractivity contribution in [2.45, 2.75) is 127 Å². The maximum Gasteiger partial charge on any atom is 0.217 e. The fourth-order valence-electron chi connectivity index (χ4n) is 7.06. The van der Waals surface area contributed by atoms with Crippen molar-refractivity contribution in [2.75, 3.05) is 0 Å². The second-order valence-electron chi connectivity index (χ2n) is 14.4. The maximum atomic E-state index is 12.9. The first-order chi connectivity index (χ1) is 17.3. The lowest BCUT2D eigenvalue weighted by Crippen LogP contribution is -2.53. The number of allylic oxidation sites excluding steroid dienone is 4. The molecule has 5 atom stereocenters. The summed E-state index contributed by atoms with van der Waals surface area (Å²) in [6.45, 7) is 23.0. The van der Waals surface area contributed by atoms with Gasteiger partial charge in [-0.15, -0.1) is 0 Å². The van der Waals surface area contributed by atoms with Crippen LogP contribution >= 0.6 is 0 Å². The molecule has 0 aromatic carbocycles. The Morgan fingerprint density at radius 3 is 2.18 bits per heavy atom. The maximum absolute atomic E-state index is 12.9. The minimum absolute atomic E-state index is 0.00830. The Morgan fingerprint density at radius 1 is 1.11 bits per heavy atom. The van der Waals surface area contributed by atoms with E-state index in [1.165, 1.54) is 0 Å². The van der Waals surface area contributed by atoms with Gasteiger partial charge < -0.3 is 5.32 Å². The lowest BCUT2D eigenvalue weighted by atomic mass is 9.44. The highest BCUT2D eigenvalue weighted by atomic mass is 16.1. The van der Waals surface area contributed by atoms with Crippen LogP contribution in [0.1, 0.15) is 121 Å². The van der Waals surface area contributed by atoms with Crippen LogP contribution in [0.25, 0.3) is 0 Å². The third-order valence-corrected chi connectivity index (χ3v) is 10.7. The van der Waals surface area contributed by atoms with E-state index in [0.717, 1.165) is 50.5 Å². The fraction of sp³-hybridized carbons (Fsp3) is 0.758. The van der Waals surface area contributed by atoms with Gasteiger partial charge in [0.15, 0.2) is 11.6 Å². The van der Waals surface area contributed by atoms with Gasteiger partial charge in [0, 0.05) is 23.8 Å². The number of carbonyl (C=O) groups is 3. The van der Waals surface area contributed by atoms with Crippen molar-refractivity contribution in [2.24, 2.45) is 33.5 Å². The summed E-state index contributed by atoms with van der Waals surface area (Å²) < 4.78 is 0. The Morgan fingerprint density at radius 2 is 1.68 bits per heavy atom. The summed E-state index contributed by atoms with van der Waals surface area (Å²) in [6.07, 6.45) is 10.1. The molecule has 1 fully saturated rings. The Balaban J connectivity index is 2.51. The van der Waals surface area contributed by atoms with Gasteiger partial charge in [0.05, 0.1) is 5.57 Å². The van der Waals surface area contributed by atoms with E-state index >= 15 is 0 Å². The van der Waals surface area contributed by atoms with Crippen molar-refractivity contribution < 1.29 is 14.4 Å². The quantitative estimate of drug-likeness (QED) is 0.300. The van der Waals surface area contributed by atoms with Crippen LogP contribution in [-0.4, -0.2) is 23.0 Å². The summed E-state index contributed by atoms with van der Waals surface area (Å²) in [5, 5.41) is 13.0. The summed E-state index contributed by atoms with van der Waals surface area (Å²) in [5.74, 6) is -0.299. The third kappa shape index (κ3) is 6.32. The summed E-state index contributed by atoms with van der Waals surface area (Å²) >= 11 is 0. The number of nitriles is 1. The highest BCUT2D eigenvalue weighted by molar-refractivity contribution is 6.02. The van der Waals surface area contributed by atoms with Gasteiger partial charge in [0.2, 0.25) is 5.91 Å². The lowest BCUT2D eigenvalue weighted by molar-refractivity contribution is -0.124. The van der Waals surface area contributed by atoms with Gasteiger partial charge in [-0.05, 0) is 80.6 Å². The molecule has 0 saturated heterocycles. The van der Waals surface area contributed by atoms with Gasteiger partial charge in [-0.2, -0.15) is 5.26 Å². The van der Waals surface area contributed by atoms with E-state index in [-0.39, 0.29) is 56.7 Å². The van der Waals surface area contributed by atoms with Crippen LogP contribution in [-0.2, 0) is 14.4 Å². The van der Waals surface area contributed by atoms with Crippen LogP contribution in [0.5, 0.6) is 0 Å². The third-order valence-electron chi connectivity index (χ3n) is 10.7. The second-order valence-corrected chi connectivity index (χ2v) is 14.4. The average molecular weight is 525 g/mol. The highest BCUT2D eigenvalue weighted by Gasteiger charge is 2.58. The van der Waals surface area contributed by atoms with Crippen LogP contribution < -0.4 is 5.32 Å². The predicted octanol–water partition coefficient (Wildman–Crippen LogP) is 7.51. The molecule has 212 valence electrons. The van der Waals surface area contributed by atoms with Crippen LogP contribution in [0, 0.1) is 44.8 Å². The van der Waals surface area contributed by atoms with Crippen LogP contribution in [0.2, 0.25) is 0 Å². The number of nitrogens with zero attached hydrogens (tertiary/aromatic N) is 1. The molecule has 2 rings (SSSR count). The number of rotatable bonds is 10. The fourth-order valence-corrected chi connectivity index (χ4v) is 7.06. The Labute approximate surface area is 231 Å². The minimum Gasteiger partial charge on any atom is -0.351 e. The zero-order chi connectivity index (χ0) is 29.3. The molecule has 0 radical (unpaired) electrons. The van der Waals surface area contributed by atoms with Crippen molar-refractivity contribution in [3.8, 4) is 6.07 Å². The van der Waals surface area contributed by atoms with E-state index < -0.39 is 5.41 Å². The van der Waals surface area contributed by atoms with E-state index in [1.807, 2.05) is 13.0 Å². The first kappa shape index (κ1) is 32.0. The number of amides is 1. The topological polar surface area (TPSA) is 87.0 Å². The molecule has 0 aromatic heterocycles. The summed E-state index contributed by atoms with van der Waals surface area (Å²) in [5.41, 5.74) is 0.0843. The van der Waals surface area contributed by atoms with Gasteiger partial charge >= 0.3 is 0 Å². The van der Waals surface area contributed by atoms with E-state index in [2.05, 4.69) is 66.8 Å². The molecule has 0 unspecified atom stereocenters. The van der Waals surface area contributed by atoms with E-state index in [1.54, 1.807) is 19.9 Å². The molecule has 1 amide bonds. The average Bonchev–Trinajstić information content (AvgIpc) is 2.81. The van der Waals surface area contributed by atoms with Crippen LogP contribution in [0.15, 0.2) is 23.3 Å². The standard InChI is InChI=1S/C33H52N2O3/c1-12-29(5,6)15-17-31(9,35-24(4)37)18-16-30(7,8)33(11)14-13-26-23(3)28(38)25(21-34)20-32(26,10)27(33)19-22(2)36/h19-20,23,26H,12-18H2,1-11H3,(H,35,37)/b27-19-/t23-,26-,31-,32-,33+/m0/s1. The SMILES string of the molecule is CCC(C)(C)CC[C@@](C)(CCC(C)(C)[C@]1(C)CC[C@H]2[C@H](C)C(=O)C(C#N)=C[C@]2(C)/C1=C/C(C)=O)NC(C)=O. The lowest BCUT2D eigenvalue weighted by Gasteiger charge is -2.59. The molecule has 0 aromatic rings. The molecule has 2 aliphatic carbocycles. The zero-order valence-corrected chi connectivity index (χ0v) is 25.9. The minimum atomic E-state index is -0.541. The number of fused-ring (bicyclic) bond motifs is 1. The number of hydrogen-bond donors (Lipinski definition) is 1. The monoisotopic (exact) mass is 524 g/mol. The Kier molecular flexibility index (Phi) is 9.35. The van der Waals surface area contributed by atoms with Crippen molar-refractivity contribution in [1.29, 1.82) is 5.26 Å². The molecule has 0 heterocycles. The van der Waals surface area contributed by atoms with Crippen LogP contribution in [0.3, 0.4) is 0 Å². The summed E-state index contributed by atoms with van der Waals surface area (Å²) in [6, 6.07) is 2.14. The molecule has 5 heteroatoms. The normalized spacial score (nSPS) is 30.6. The van der Waals surface area contributed by atoms with Gasteiger partial charge in [0.25, 0.3) is 0 Å². The Hall–Kier alpha value is -2.22. The largest absolute Gasteiger partial charge is 0.351 e. The number of Topliss-reactive ketones (excluding diaryl/α,β-unsaturated/α-hetero) is 1. The molecular weight excluding hydrogens is 472 g/mol. The van der Waals surface area contributed by atoms with Crippen molar-refractivity contribution in [1.82, 2.24) is 5.32 Å². The molecule has 2 aliphatic rings. The molecule has 0 aliphatic heterocycles. The van der Waals surface area contributed by atoms with Crippen molar-refractivity contribution in [3.05, 3.63) is 23.3 Å². The van der Waals surface area contributed by atoms with Gasteiger partial charge in [-0.25, -0.2) is 0 Å². The molecule has 1 N–H and O–H groups in total. The molecule has 1 saturated carbocycles. The number of nitrogens with one attached hydrogen (secondary N) is 1. The molecular formula is C33H52N2O3. The molecule has 38 heavy (non-hydrogen) atoms. The Bertz CT molecular complexity index is 1060. The van der Waals surface area contributed by atoms with Gasteiger partial charge in [-0.1, -0.05) is 73.5 Å². The highest BCUT2D eigenvalue weighted by Crippen LogP contribution is 2.65. The molecule has 5 nitrogen and oxygen atoms in total. The summed E-state index contributed by atoms with van der Waals surface area (Å²) in [4.78, 5) is 37.7. The zero-order valence-electron chi connectivity index (χ0n) is 25.9. The van der Waals surface area contributed by atoms with E-state index in [9.17, 15) is 19.6 Å². The molecule has 0 bridgehead atoms. The smallest absolute Gasteiger partial charge is 0.217 e. The first-order valence-electron chi connectivity index (χ1n) is 14.5. The van der Waals surface area contributed by atoms with Crippen LogP contribution in [0.4, 0.5) is 0 Å². The van der Waals surface area contributed by atoms with Crippen molar-refractivity contribution >= 4 is 17.5 Å². The first-order valence-corrected chi connectivity index (χ1v) is 14.5. The molecule has 0 spiro atoms. The summed E-state index contributed by atoms with van der Waals surface area (Å²) in [7, 11) is 0. The van der Waals surface area contributed by atoms with E-state index in [0.29, 0.717) is 0 Å². The predicted molar refractivity (Wildman–Crippen MR) is 154 cm³/mol. The van der Waals surface area contributed by atoms with Gasteiger partial charge in [0.1, 0.15) is 6.07 Å². The van der Waals surface area contributed by atoms with Gasteiger partial charge in [-0.3, -0.25) is 14.4 Å². The van der Waals surface area contributed by atoms with E-state index in [4.69, 9.17) is 0 Å². The number of ketones is 2.